The molecular formula is C14H22N2O5. The number of urea groups is 1. The van der Waals surface area contributed by atoms with Crippen LogP contribution in [-0.2, 0) is 14.3 Å². The van der Waals surface area contributed by atoms with E-state index in [1.165, 1.54) is 13.8 Å². The van der Waals surface area contributed by atoms with E-state index in [2.05, 4.69) is 17.6 Å². The van der Waals surface area contributed by atoms with Crippen molar-refractivity contribution in [3.05, 3.63) is 11.1 Å². The predicted molar refractivity (Wildman–Crippen MR) is 75.7 cm³/mol. The quantitative estimate of drug-likeness (QED) is 0.673. The first-order valence-electron chi connectivity index (χ1n) is 6.83. The van der Waals surface area contributed by atoms with Gasteiger partial charge in [0.2, 0.25) is 0 Å². The number of carbonyl (C=O) groups is 3. The molecule has 3 amide bonds. The van der Waals surface area contributed by atoms with Crippen molar-refractivity contribution in [3.8, 4) is 0 Å². The van der Waals surface area contributed by atoms with Crippen LogP contribution >= 0.6 is 0 Å². The van der Waals surface area contributed by atoms with Crippen LogP contribution in [-0.4, -0.2) is 42.8 Å². The second kappa shape index (κ2) is 7.21. The third-order valence-corrected chi connectivity index (χ3v) is 3.83. The summed E-state index contributed by atoms with van der Waals surface area (Å²) in [5.41, 5.74) is -0.118. The second-order valence-corrected chi connectivity index (χ2v) is 5.61. The zero-order valence-corrected chi connectivity index (χ0v) is 12.6. The molecule has 1 fully saturated rings. The normalized spacial score (nSPS) is 18.4. The van der Waals surface area contributed by atoms with Gasteiger partial charge in [0.25, 0.3) is 5.91 Å². The third kappa shape index (κ3) is 5.18. The van der Waals surface area contributed by atoms with Gasteiger partial charge in [-0.05, 0) is 32.1 Å². The topological polar surface area (TPSA) is 105 Å². The first-order valence-corrected chi connectivity index (χ1v) is 6.83. The highest BCUT2D eigenvalue weighted by atomic mass is 16.5. The third-order valence-electron chi connectivity index (χ3n) is 3.83. The average Bonchev–Trinajstić information content (AvgIpc) is 2.44. The molecule has 1 aliphatic rings. The lowest BCUT2D eigenvalue weighted by atomic mass is 9.82. The summed E-state index contributed by atoms with van der Waals surface area (Å²) >= 11 is 0. The highest BCUT2D eigenvalue weighted by Crippen LogP contribution is 2.28. The van der Waals surface area contributed by atoms with Gasteiger partial charge in [0.1, 0.15) is 0 Å². The van der Waals surface area contributed by atoms with E-state index >= 15 is 0 Å². The van der Waals surface area contributed by atoms with Crippen LogP contribution in [0.1, 0.15) is 33.6 Å². The molecule has 1 saturated heterocycles. The van der Waals surface area contributed by atoms with Crippen LogP contribution in [0.3, 0.4) is 0 Å². The molecule has 1 rings (SSSR count). The van der Waals surface area contributed by atoms with Gasteiger partial charge in [-0.25, -0.2) is 9.59 Å². The molecule has 1 heterocycles. The van der Waals surface area contributed by atoms with E-state index in [9.17, 15) is 14.4 Å². The Bertz CT molecular complexity index is 464. The molecule has 0 aromatic heterocycles. The maximum Gasteiger partial charge on any atom is 0.331 e. The summed E-state index contributed by atoms with van der Waals surface area (Å²) < 4.78 is 5.27. The van der Waals surface area contributed by atoms with E-state index in [0.717, 1.165) is 12.8 Å². The number of carboxylic acid groups (broad SMARTS) is 1. The number of nitrogens with one attached hydrogen (secondary N) is 2. The molecule has 0 radical (unpaired) electrons. The molecule has 0 aromatic carbocycles. The fraction of sp³-hybridized carbons (Fsp3) is 0.643. The molecule has 0 spiro atoms. The molecule has 0 saturated carbocycles. The summed E-state index contributed by atoms with van der Waals surface area (Å²) in [6, 6.07) is -0.620. The van der Waals surface area contributed by atoms with E-state index < -0.39 is 17.9 Å². The van der Waals surface area contributed by atoms with Gasteiger partial charge in [0.15, 0.2) is 0 Å². The van der Waals surface area contributed by atoms with Crippen LogP contribution < -0.4 is 10.6 Å². The van der Waals surface area contributed by atoms with E-state index in [-0.39, 0.29) is 16.6 Å². The molecule has 3 N–H and O–H groups in total. The molecule has 0 unspecified atom stereocenters. The largest absolute Gasteiger partial charge is 0.478 e. The molecule has 21 heavy (non-hydrogen) atoms. The van der Waals surface area contributed by atoms with Gasteiger partial charge in [-0.15, -0.1) is 0 Å². The Kier molecular flexibility index (Phi) is 5.90. The minimum Gasteiger partial charge on any atom is -0.478 e. The monoisotopic (exact) mass is 298 g/mol. The smallest absolute Gasteiger partial charge is 0.331 e. The number of carboxylic acids is 1. The number of hydrogen-bond acceptors (Lipinski definition) is 4. The average molecular weight is 298 g/mol. The lowest BCUT2D eigenvalue weighted by molar-refractivity contribution is -0.133. The summed E-state index contributed by atoms with van der Waals surface area (Å²) in [5, 5.41) is 13.6. The fourth-order valence-corrected chi connectivity index (χ4v) is 1.91. The number of amides is 3. The minimum absolute atomic E-state index is 0.00919. The molecule has 0 aromatic rings. The first-order chi connectivity index (χ1) is 9.75. The van der Waals surface area contributed by atoms with Crippen molar-refractivity contribution in [1.29, 1.82) is 0 Å². The highest BCUT2D eigenvalue weighted by molar-refractivity contribution is 6.07. The van der Waals surface area contributed by atoms with E-state index in [0.29, 0.717) is 19.8 Å². The Hall–Kier alpha value is -1.89. The fourth-order valence-electron chi connectivity index (χ4n) is 1.91. The summed E-state index contributed by atoms with van der Waals surface area (Å²) in [4.78, 5) is 34.2. The van der Waals surface area contributed by atoms with Gasteiger partial charge in [0, 0.05) is 30.9 Å². The molecule has 0 bridgehead atoms. The van der Waals surface area contributed by atoms with Crippen LogP contribution in [0.25, 0.3) is 0 Å². The number of carbonyl (C=O) groups excluding carboxylic acids is 2. The molecule has 1 aliphatic heterocycles. The summed E-state index contributed by atoms with van der Waals surface area (Å²) in [7, 11) is 0. The van der Waals surface area contributed by atoms with Crippen molar-refractivity contribution in [3.63, 3.8) is 0 Å². The Balaban J connectivity index is 2.48. The second-order valence-electron chi connectivity index (χ2n) is 5.61. The molecule has 0 aliphatic carbocycles. The van der Waals surface area contributed by atoms with Crippen molar-refractivity contribution in [2.24, 2.45) is 5.41 Å². The number of imide groups is 1. The lowest BCUT2D eigenvalue weighted by Crippen LogP contribution is -2.45. The summed E-state index contributed by atoms with van der Waals surface area (Å²) in [5.74, 6) is -1.89. The maximum absolute atomic E-state index is 11.7. The SMILES string of the molecule is CC(C(=O)O)=C(C)C(=O)NC(=O)NCC1(C)CCOCC1. The number of hydrogen-bond donors (Lipinski definition) is 3. The summed E-state index contributed by atoms with van der Waals surface area (Å²) in [6.45, 7) is 6.51. The number of rotatable bonds is 4. The predicted octanol–water partition coefficient (Wildman–Crippen LogP) is 1.05. The van der Waals surface area contributed by atoms with Crippen LogP contribution in [0, 0.1) is 5.41 Å². The van der Waals surface area contributed by atoms with Gasteiger partial charge in [-0.2, -0.15) is 0 Å². The number of ether oxygens (including phenoxy) is 1. The van der Waals surface area contributed by atoms with Crippen molar-refractivity contribution >= 4 is 17.9 Å². The van der Waals surface area contributed by atoms with Crippen molar-refractivity contribution in [1.82, 2.24) is 10.6 Å². The van der Waals surface area contributed by atoms with Crippen LogP contribution in [0.5, 0.6) is 0 Å². The van der Waals surface area contributed by atoms with Gasteiger partial charge in [-0.1, -0.05) is 6.92 Å². The molecule has 0 atom stereocenters. The Labute approximate surface area is 123 Å². The van der Waals surface area contributed by atoms with Gasteiger partial charge >= 0.3 is 12.0 Å². The molecular weight excluding hydrogens is 276 g/mol. The van der Waals surface area contributed by atoms with Gasteiger partial charge < -0.3 is 15.2 Å². The zero-order valence-electron chi connectivity index (χ0n) is 12.6. The molecule has 7 heteroatoms. The standard InChI is InChI=1S/C14H22N2O5/c1-9(10(2)12(18)19)11(17)16-13(20)15-8-14(3)4-6-21-7-5-14/h4-8H2,1-3H3,(H,18,19)(H2,15,16,17,20). The molecule has 118 valence electrons. The lowest BCUT2D eigenvalue weighted by Gasteiger charge is -2.33. The van der Waals surface area contributed by atoms with Crippen molar-refractivity contribution in [2.45, 2.75) is 33.6 Å². The van der Waals surface area contributed by atoms with Crippen molar-refractivity contribution in [2.75, 3.05) is 19.8 Å². The van der Waals surface area contributed by atoms with Crippen LogP contribution in [0.15, 0.2) is 11.1 Å². The Morgan fingerprint density at radius 2 is 1.71 bits per heavy atom. The minimum atomic E-state index is -1.18. The molecule has 7 nitrogen and oxygen atoms in total. The van der Waals surface area contributed by atoms with E-state index in [1.807, 2.05) is 0 Å². The van der Waals surface area contributed by atoms with Crippen LogP contribution in [0.2, 0.25) is 0 Å². The summed E-state index contributed by atoms with van der Waals surface area (Å²) in [6.07, 6.45) is 1.69. The highest BCUT2D eigenvalue weighted by Gasteiger charge is 2.28. The van der Waals surface area contributed by atoms with Gasteiger partial charge in [0.05, 0.1) is 0 Å². The first kappa shape index (κ1) is 17.2. The Morgan fingerprint density at radius 3 is 2.24 bits per heavy atom. The van der Waals surface area contributed by atoms with Crippen molar-refractivity contribution < 1.29 is 24.2 Å². The zero-order chi connectivity index (χ0) is 16.0. The maximum atomic E-state index is 11.7. The Morgan fingerprint density at radius 1 is 1.14 bits per heavy atom. The van der Waals surface area contributed by atoms with Gasteiger partial charge in [-0.3, -0.25) is 10.1 Å². The van der Waals surface area contributed by atoms with E-state index in [4.69, 9.17) is 9.84 Å². The number of aliphatic carboxylic acids is 1. The van der Waals surface area contributed by atoms with E-state index in [1.54, 1.807) is 0 Å². The van der Waals surface area contributed by atoms with Crippen LogP contribution in [0.4, 0.5) is 4.79 Å².